The lowest BCUT2D eigenvalue weighted by molar-refractivity contribution is -0.130. The normalized spacial score (nSPS) is 16.9. The van der Waals surface area contributed by atoms with Crippen molar-refractivity contribution in [3.63, 3.8) is 0 Å². The summed E-state index contributed by atoms with van der Waals surface area (Å²) >= 11 is 0. The smallest absolute Gasteiger partial charge is 0.237 e. The van der Waals surface area contributed by atoms with Crippen molar-refractivity contribution < 1.29 is 4.79 Å². The van der Waals surface area contributed by atoms with Gasteiger partial charge in [-0.25, -0.2) is 0 Å². The number of hydrogen-bond donors (Lipinski definition) is 1. The molecule has 0 aromatic carbocycles. The van der Waals surface area contributed by atoms with E-state index < -0.39 is 0 Å². The van der Waals surface area contributed by atoms with E-state index in [0.29, 0.717) is 6.54 Å². The van der Waals surface area contributed by atoms with Gasteiger partial charge in [-0.3, -0.25) is 14.5 Å². The van der Waals surface area contributed by atoms with E-state index >= 15 is 0 Å². The topological polar surface area (TPSA) is 86.8 Å². The van der Waals surface area contributed by atoms with Gasteiger partial charge in [0.1, 0.15) is 11.7 Å². The number of carbonyl (C=O) groups is 1. The number of nitrogens with zero attached hydrogens (tertiary/aromatic N) is 5. The second kappa shape index (κ2) is 8.53. The third-order valence-corrected chi connectivity index (χ3v) is 5.30. The highest BCUT2D eigenvalue weighted by Crippen LogP contribution is 2.19. The molecule has 7 nitrogen and oxygen atoms in total. The molecular weight excluding hydrogens is 352 g/mol. The largest absolute Gasteiger partial charge is 0.326 e. The molecule has 0 aliphatic carbocycles. The first kappa shape index (κ1) is 20.0. The minimum atomic E-state index is -0.269. The van der Waals surface area contributed by atoms with Gasteiger partial charge < -0.3 is 10.2 Å². The van der Waals surface area contributed by atoms with Crippen molar-refractivity contribution in [3.05, 3.63) is 36.2 Å². The zero-order valence-electron chi connectivity index (χ0n) is 16.9. The Morgan fingerprint density at radius 3 is 2.93 bits per heavy atom. The molecule has 3 heterocycles. The van der Waals surface area contributed by atoms with E-state index in [1.54, 1.807) is 11.1 Å². The first-order valence-electron chi connectivity index (χ1n) is 9.79. The van der Waals surface area contributed by atoms with E-state index in [1.807, 2.05) is 35.9 Å². The van der Waals surface area contributed by atoms with Crippen LogP contribution in [0.5, 0.6) is 0 Å². The quantitative estimate of drug-likeness (QED) is 0.798. The summed E-state index contributed by atoms with van der Waals surface area (Å²) in [5, 5.41) is 17.2. The molecule has 3 rings (SSSR count). The second-order valence-electron chi connectivity index (χ2n) is 7.97. The number of amides is 1. The highest BCUT2D eigenvalue weighted by atomic mass is 16.2. The van der Waals surface area contributed by atoms with Crippen LogP contribution >= 0.6 is 0 Å². The molecule has 1 aliphatic heterocycles. The van der Waals surface area contributed by atoms with E-state index in [2.05, 4.69) is 35.3 Å². The number of nitrogens with one attached hydrogen (secondary N) is 1. The number of carbonyl (C=O) groups excluding carboxylic acids is 1. The van der Waals surface area contributed by atoms with Crippen molar-refractivity contribution in [1.82, 2.24) is 25.0 Å². The summed E-state index contributed by atoms with van der Waals surface area (Å²) in [6, 6.07) is 9.80. The van der Waals surface area contributed by atoms with Crippen molar-refractivity contribution in [2.24, 2.45) is 0 Å². The van der Waals surface area contributed by atoms with Gasteiger partial charge in [-0.05, 0) is 58.2 Å². The van der Waals surface area contributed by atoms with E-state index in [9.17, 15) is 4.79 Å². The molecule has 0 spiro atoms. The SMILES string of the molecule is Cc1cc(-c2ccccn2)nn1CCC(C)(C)NCC(=O)N1CCCC1C#N. The number of aryl methyl sites for hydroxylation is 2. The highest BCUT2D eigenvalue weighted by molar-refractivity contribution is 5.79. The Hall–Kier alpha value is -2.72. The molecule has 2 aromatic heterocycles. The maximum Gasteiger partial charge on any atom is 0.237 e. The van der Waals surface area contributed by atoms with Crippen LogP contribution in [0.2, 0.25) is 0 Å². The standard InChI is InChI=1S/C21H28N6O/c1-16-13-19(18-8-4-5-10-23-18)25-27(16)12-9-21(2,3)24-15-20(28)26-11-6-7-17(26)14-22/h4-5,8,10,13,17,24H,6-7,9,11-12,15H2,1-3H3. The third kappa shape index (κ3) is 4.76. The molecule has 1 atom stereocenters. The van der Waals surface area contributed by atoms with E-state index in [-0.39, 0.29) is 24.0 Å². The first-order valence-corrected chi connectivity index (χ1v) is 9.79. The number of likely N-dealkylation sites (tertiary alicyclic amines) is 1. The Morgan fingerprint density at radius 1 is 1.39 bits per heavy atom. The van der Waals surface area contributed by atoms with Crippen LogP contribution in [0.4, 0.5) is 0 Å². The van der Waals surface area contributed by atoms with Crippen molar-refractivity contribution >= 4 is 5.91 Å². The summed E-state index contributed by atoms with van der Waals surface area (Å²) < 4.78 is 1.99. The third-order valence-electron chi connectivity index (χ3n) is 5.30. The van der Waals surface area contributed by atoms with Crippen LogP contribution in [-0.2, 0) is 11.3 Å². The Labute approximate surface area is 166 Å². The average Bonchev–Trinajstić information content (AvgIpc) is 3.32. The van der Waals surface area contributed by atoms with Crippen LogP contribution in [0, 0.1) is 18.3 Å². The van der Waals surface area contributed by atoms with Gasteiger partial charge in [-0.1, -0.05) is 6.07 Å². The Balaban J connectivity index is 1.54. The number of nitriles is 1. The summed E-state index contributed by atoms with van der Waals surface area (Å²) in [7, 11) is 0. The lowest BCUT2D eigenvalue weighted by Gasteiger charge is -2.28. The average molecular weight is 380 g/mol. The summed E-state index contributed by atoms with van der Waals surface area (Å²) in [4.78, 5) is 18.5. The Bertz CT molecular complexity index is 852. The molecule has 1 saturated heterocycles. The molecule has 0 saturated carbocycles. The number of aromatic nitrogens is 3. The summed E-state index contributed by atoms with van der Waals surface area (Å²) in [6.45, 7) is 7.90. The van der Waals surface area contributed by atoms with Crippen molar-refractivity contribution in [2.45, 2.75) is 58.2 Å². The van der Waals surface area contributed by atoms with Gasteiger partial charge in [-0.15, -0.1) is 0 Å². The summed E-state index contributed by atoms with van der Waals surface area (Å²) in [5.41, 5.74) is 2.60. The Kier molecular flexibility index (Phi) is 6.10. The van der Waals surface area contributed by atoms with Crippen LogP contribution in [0.25, 0.3) is 11.4 Å². The van der Waals surface area contributed by atoms with Crippen LogP contribution in [0.3, 0.4) is 0 Å². The van der Waals surface area contributed by atoms with Crippen molar-refractivity contribution in [3.8, 4) is 17.5 Å². The molecule has 0 bridgehead atoms. The van der Waals surface area contributed by atoms with Gasteiger partial charge in [0, 0.05) is 30.5 Å². The fraction of sp³-hybridized carbons (Fsp3) is 0.524. The zero-order valence-corrected chi connectivity index (χ0v) is 16.9. The highest BCUT2D eigenvalue weighted by Gasteiger charge is 2.29. The number of hydrogen-bond acceptors (Lipinski definition) is 5. The zero-order chi connectivity index (χ0) is 20.1. The molecule has 2 aromatic rings. The molecular formula is C21H28N6O. The summed E-state index contributed by atoms with van der Waals surface area (Å²) in [5.74, 6) is 0.00447. The maximum absolute atomic E-state index is 12.4. The van der Waals surface area contributed by atoms with Gasteiger partial charge in [0.2, 0.25) is 5.91 Å². The number of rotatable bonds is 7. The van der Waals surface area contributed by atoms with Crippen LogP contribution in [0.1, 0.15) is 38.8 Å². The fourth-order valence-corrected chi connectivity index (χ4v) is 3.47. The van der Waals surface area contributed by atoms with Crippen LogP contribution in [0.15, 0.2) is 30.5 Å². The second-order valence-corrected chi connectivity index (χ2v) is 7.97. The first-order chi connectivity index (χ1) is 13.4. The molecule has 7 heteroatoms. The van der Waals surface area contributed by atoms with E-state index in [1.165, 1.54) is 0 Å². The van der Waals surface area contributed by atoms with Crippen molar-refractivity contribution in [2.75, 3.05) is 13.1 Å². The van der Waals surface area contributed by atoms with Crippen molar-refractivity contribution in [1.29, 1.82) is 5.26 Å². The Morgan fingerprint density at radius 2 is 2.21 bits per heavy atom. The molecule has 28 heavy (non-hydrogen) atoms. The van der Waals surface area contributed by atoms with Crippen LogP contribution in [-0.4, -0.2) is 50.2 Å². The lowest BCUT2D eigenvalue weighted by atomic mass is 10.0. The predicted molar refractivity (Wildman–Crippen MR) is 107 cm³/mol. The van der Waals surface area contributed by atoms with Gasteiger partial charge in [0.15, 0.2) is 0 Å². The predicted octanol–water partition coefficient (Wildman–Crippen LogP) is 2.53. The van der Waals surface area contributed by atoms with E-state index in [0.717, 1.165) is 42.9 Å². The fourth-order valence-electron chi connectivity index (χ4n) is 3.47. The molecule has 1 fully saturated rings. The van der Waals surface area contributed by atoms with Gasteiger partial charge in [0.25, 0.3) is 0 Å². The lowest BCUT2D eigenvalue weighted by Crippen LogP contribution is -2.48. The molecule has 1 unspecified atom stereocenters. The minimum absolute atomic E-state index is 0.00447. The van der Waals surface area contributed by atoms with Gasteiger partial charge in [0.05, 0.1) is 18.3 Å². The number of pyridine rings is 1. The molecule has 0 radical (unpaired) electrons. The molecule has 1 amide bonds. The molecule has 148 valence electrons. The molecule has 1 aliphatic rings. The maximum atomic E-state index is 12.4. The van der Waals surface area contributed by atoms with Gasteiger partial charge in [-0.2, -0.15) is 10.4 Å². The van der Waals surface area contributed by atoms with E-state index in [4.69, 9.17) is 5.26 Å². The van der Waals surface area contributed by atoms with Crippen LogP contribution < -0.4 is 5.32 Å². The summed E-state index contributed by atoms with van der Waals surface area (Å²) in [6.07, 6.45) is 4.28. The molecule has 1 N–H and O–H groups in total. The monoisotopic (exact) mass is 380 g/mol. The van der Waals surface area contributed by atoms with Gasteiger partial charge >= 0.3 is 0 Å². The minimum Gasteiger partial charge on any atom is -0.326 e.